The molecule has 0 unspecified atom stereocenters. The van der Waals surface area contributed by atoms with Gasteiger partial charge >= 0.3 is 6.09 Å². The van der Waals surface area contributed by atoms with Gasteiger partial charge in [0, 0.05) is 0 Å². The molecule has 19 heavy (non-hydrogen) atoms. The number of amides is 1. The molecule has 5 nitrogen and oxygen atoms in total. The van der Waals surface area contributed by atoms with Gasteiger partial charge in [-0.25, -0.2) is 9.78 Å². The molecule has 0 atom stereocenters. The first-order chi connectivity index (χ1) is 8.78. The number of nitrogens with zero attached hydrogens (tertiary/aromatic N) is 1. The van der Waals surface area contributed by atoms with Crippen molar-refractivity contribution in [3.8, 4) is 11.8 Å². The summed E-state index contributed by atoms with van der Waals surface area (Å²) in [6.07, 6.45) is 1.07. The van der Waals surface area contributed by atoms with Crippen molar-refractivity contribution in [2.75, 3.05) is 12.3 Å². The Balaban J connectivity index is 2.50. The predicted octanol–water partition coefficient (Wildman–Crippen LogP) is 1.85. The highest BCUT2D eigenvalue weighted by Gasteiger charge is 2.14. The molecular weight excluding hydrogens is 242 g/mol. The zero-order valence-electron chi connectivity index (χ0n) is 11.7. The molecule has 0 bridgehead atoms. The molecule has 1 aromatic rings. The summed E-state index contributed by atoms with van der Waals surface area (Å²) in [5, 5.41) is 2.55. The fourth-order valence-corrected chi connectivity index (χ4v) is 1.29. The smallest absolute Gasteiger partial charge is 0.408 e. The third-order valence-corrected chi connectivity index (χ3v) is 2.03. The first kappa shape index (κ1) is 14.8. The predicted molar refractivity (Wildman–Crippen MR) is 74.5 cm³/mol. The lowest BCUT2D eigenvalue weighted by Gasteiger charge is -2.18. The molecule has 1 aromatic heterocycles. The Hall–Kier alpha value is -2.22. The average Bonchev–Trinajstić information content (AvgIpc) is 2.24. The lowest BCUT2D eigenvalue weighted by molar-refractivity contribution is 0.0535. The second-order valence-corrected chi connectivity index (χ2v) is 5.09. The van der Waals surface area contributed by atoms with Crippen LogP contribution in [-0.4, -0.2) is 23.2 Å². The van der Waals surface area contributed by atoms with Gasteiger partial charge < -0.3 is 15.8 Å². The molecule has 0 aliphatic carbocycles. The molecule has 1 rings (SSSR count). The van der Waals surface area contributed by atoms with Gasteiger partial charge in [-0.05, 0) is 45.2 Å². The van der Waals surface area contributed by atoms with Crippen molar-refractivity contribution in [3.05, 3.63) is 23.5 Å². The highest BCUT2D eigenvalue weighted by atomic mass is 16.6. The van der Waals surface area contributed by atoms with Crippen LogP contribution in [-0.2, 0) is 4.74 Å². The highest BCUT2D eigenvalue weighted by molar-refractivity contribution is 5.68. The maximum absolute atomic E-state index is 11.3. The van der Waals surface area contributed by atoms with E-state index >= 15 is 0 Å². The number of hydrogen-bond acceptors (Lipinski definition) is 4. The number of carbonyl (C=O) groups excluding carboxylic acids is 1. The van der Waals surface area contributed by atoms with Crippen LogP contribution in [0.2, 0.25) is 0 Å². The Morgan fingerprint density at radius 2 is 2.21 bits per heavy atom. The van der Waals surface area contributed by atoms with Gasteiger partial charge in [-0.1, -0.05) is 5.92 Å². The number of aromatic nitrogens is 1. The molecule has 0 radical (unpaired) electrons. The number of pyridine rings is 1. The summed E-state index contributed by atoms with van der Waals surface area (Å²) < 4.78 is 5.08. The number of ether oxygens (including phenoxy) is 1. The molecule has 0 aromatic carbocycles. The van der Waals surface area contributed by atoms with E-state index < -0.39 is 11.7 Å². The molecule has 0 saturated carbocycles. The minimum Gasteiger partial charge on any atom is -0.444 e. The third kappa shape index (κ3) is 5.77. The number of alkyl carbamates (subject to hydrolysis) is 1. The van der Waals surface area contributed by atoms with Crippen LogP contribution < -0.4 is 11.1 Å². The summed E-state index contributed by atoms with van der Waals surface area (Å²) in [7, 11) is 0. The van der Waals surface area contributed by atoms with E-state index in [0.717, 1.165) is 5.56 Å². The summed E-state index contributed by atoms with van der Waals surface area (Å²) in [5.41, 5.74) is 7.26. The normalized spacial score (nSPS) is 10.3. The van der Waals surface area contributed by atoms with Crippen LogP contribution >= 0.6 is 0 Å². The van der Waals surface area contributed by atoms with Crippen LogP contribution in [0.3, 0.4) is 0 Å². The van der Waals surface area contributed by atoms with Crippen LogP contribution in [0.15, 0.2) is 12.3 Å². The molecule has 1 amide bonds. The topological polar surface area (TPSA) is 77.2 Å². The highest BCUT2D eigenvalue weighted by Crippen LogP contribution is 2.07. The maximum atomic E-state index is 11.3. The fraction of sp³-hybridized carbons (Fsp3) is 0.429. The molecule has 0 aliphatic heterocycles. The second kappa shape index (κ2) is 6.10. The van der Waals surface area contributed by atoms with Gasteiger partial charge in [0.1, 0.15) is 11.3 Å². The van der Waals surface area contributed by atoms with Crippen molar-refractivity contribution in [1.29, 1.82) is 0 Å². The van der Waals surface area contributed by atoms with Crippen molar-refractivity contribution in [1.82, 2.24) is 10.3 Å². The summed E-state index contributed by atoms with van der Waals surface area (Å²) in [4.78, 5) is 15.5. The Morgan fingerprint density at radius 3 is 2.79 bits per heavy atom. The molecule has 3 N–H and O–H groups in total. The van der Waals surface area contributed by atoms with Crippen molar-refractivity contribution in [2.45, 2.75) is 33.3 Å². The Morgan fingerprint density at radius 1 is 1.53 bits per heavy atom. The summed E-state index contributed by atoms with van der Waals surface area (Å²) in [6.45, 7) is 7.51. The number of anilines is 1. The monoisotopic (exact) mass is 261 g/mol. The molecule has 0 aliphatic rings. The van der Waals surface area contributed by atoms with E-state index in [1.165, 1.54) is 0 Å². The Kier molecular flexibility index (Phi) is 4.76. The van der Waals surface area contributed by atoms with E-state index in [1.807, 2.05) is 6.92 Å². The lowest BCUT2D eigenvalue weighted by atomic mass is 10.2. The number of carbonyl (C=O) groups is 1. The zero-order valence-corrected chi connectivity index (χ0v) is 11.7. The van der Waals surface area contributed by atoms with E-state index in [9.17, 15) is 4.79 Å². The minimum absolute atomic E-state index is 0.209. The standard InChI is InChI=1S/C14H19N3O2/c1-10-8-11(15)9-17-12(10)6-5-7-16-13(18)19-14(2,3)4/h8-9H,7,15H2,1-4H3,(H,16,18). The van der Waals surface area contributed by atoms with Crippen molar-refractivity contribution in [3.63, 3.8) is 0 Å². The Labute approximate surface area is 113 Å². The van der Waals surface area contributed by atoms with E-state index in [4.69, 9.17) is 10.5 Å². The fourth-order valence-electron chi connectivity index (χ4n) is 1.29. The molecule has 1 heterocycles. The van der Waals surface area contributed by atoms with Crippen LogP contribution in [0.25, 0.3) is 0 Å². The Bertz CT molecular complexity index is 522. The first-order valence-electron chi connectivity index (χ1n) is 5.96. The van der Waals surface area contributed by atoms with Crippen molar-refractivity contribution in [2.24, 2.45) is 0 Å². The summed E-state index contributed by atoms with van der Waals surface area (Å²) >= 11 is 0. The molecule has 0 spiro atoms. The largest absolute Gasteiger partial charge is 0.444 e. The molecule has 0 saturated heterocycles. The minimum atomic E-state index is -0.507. The number of nitrogens with two attached hydrogens (primary N) is 1. The van der Waals surface area contributed by atoms with Gasteiger partial charge in [-0.3, -0.25) is 0 Å². The number of nitrogens with one attached hydrogen (secondary N) is 1. The van der Waals surface area contributed by atoms with E-state index in [1.54, 1.807) is 33.0 Å². The van der Waals surface area contributed by atoms with Gasteiger partial charge in [0.05, 0.1) is 18.4 Å². The third-order valence-electron chi connectivity index (χ3n) is 2.03. The summed E-state index contributed by atoms with van der Waals surface area (Å²) in [6, 6.07) is 1.80. The van der Waals surface area contributed by atoms with Crippen molar-refractivity contribution >= 4 is 11.8 Å². The van der Waals surface area contributed by atoms with E-state index in [-0.39, 0.29) is 6.54 Å². The van der Waals surface area contributed by atoms with E-state index in [2.05, 4.69) is 22.1 Å². The lowest BCUT2D eigenvalue weighted by Crippen LogP contribution is -2.32. The van der Waals surface area contributed by atoms with Gasteiger partial charge in [0.25, 0.3) is 0 Å². The molecule has 102 valence electrons. The average molecular weight is 261 g/mol. The number of aryl methyl sites for hydroxylation is 1. The van der Waals surface area contributed by atoms with Gasteiger partial charge in [-0.15, -0.1) is 0 Å². The van der Waals surface area contributed by atoms with Crippen LogP contribution in [0, 0.1) is 18.8 Å². The van der Waals surface area contributed by atoms with Gasteiger partial charge in [0.2, 0.25) is 0 Å². The van der Waals surface area contributed by atoms with Crippen LogP contribution in [0.1, 0.15) is 32.0 Å². The molecule has 0 fully saturated rings. The maximum Gasteiger partial charge on any atom is 0.408 e. The molecule has 5 heteroatoms. The van der Waals surface area contributed by atoms with Crippen LogP contribution in [0.4, 0.5) is 10.5 Å². The number of rotatable bonds is 1. The molecular formula is C14H19N3O2. The quantitative estimate of drug-likeness (QED) is 0.756. The van der Waals surface area contributed by atoms with Gasteiger partial charge in [-0.2, -0.15) is 0 Å². The summed E-state index contributed by atoms with van der Waals surface area (Å²) in [5.74, 6) is 5.68. The van der Waals surface area contributed by atoms with Gasteiger partial charge in [0.15, 0.2) is 0 Å². The van der Waals surface area contributed by atoms with Crippen molar-refractivity contribution < 1.29 is 9.53 Å². The number of hydrogen-bond donors (Lipinski definition) is 2. The number of nitrogen functional groups attached to an aromatic ring is 1. The van der Waals surface area contributed by atoms with E-state index in [0.29, 0.717) is 11.4 Å². The zero-order chi connectivity index (χ0) is 14.5. The van der Waals surface area contributed by atoms with Crippen LogP contribution in [0.5, 0.6) is 0 Å². The second-order valence-electron chi connectivity index (χ2n) is 5.09. The first-order valence-corrected chi connectivity index (χ1v) is 5.96. The SMILES string of the molecule is Cc1cc(N)cnc1C#CCNC(=O)OC(C)(C)C.